The highest BCUT2D eigenvalue weighted by Crippen LogP contribution is 2.38. The standard InChI is InChI=1S/C19H18N2O3/c1-13(22)11-21-16(10-20)15-8-5-9-17(18(15)19(21)23)24-12-14-6-3-2-4-7-14/h2-9,13,16,22H,11-12H2,1H3. The van der Waals surface area contributed by atoms with E-state index in [1.165, 1.54) is 4.90 Å². The minimum Gasteiger partial charge on any atom is -0.488 e. The third-order valence-electron chi connectivity index (χ3n) is 3.96. The summed E-state index contributed by atoms with van der Waals surface area (Å²) < 4.78 is 5.83. The van der Waals surface area contributed by atoms with Crippen molar-refractivity contribution in [1.82, 2.24) is 4.90 Å². The number of carbonyl (C=O) groups excluding carboxylic acids is 1. The molecule has 1 aliphatic heterocycles. The molecule has 3 rings (SSSR count). The van der Waals surface area contributed by atoms with Crippen LogP contribution in [-0.2, 0) is 6.61 Å². The molecule has 0 saturated carbocycles. The Kier molecular flexibility index (Phi) is 4.50. The minimum atomic E-state index is -0.701. The van der Waals surface area contributed by atoms with E-state index >= 15 is 0 Å². The van der Waals surface area contributed by atoms with Gasteiger partial charge in [-0.15, -0.1) is 0 Å². The molecule has 0 aliphatic carbocycles. The Bertz CT molecular complexity index is 781. The van der Waals surface area contributed by atoms with Gasteiger partial charge in [0.2, 0.25) is 0 Å². The van der Waals surface area contributed by atoms with Gasteiger partial charge in [-0.2, -0.15) is 5.26 Å². The van der Waals surface area contributed by atoms with Gasteiger partial charge in [0.05, 0.1) is 17.7 Å². The van der Waals surface area contributed by atoms with E-state index in [0.29, 0.717) is 23.5 Å². The molecule has 0 aromatic heterocycles. The van der Waals surface area contributed by atoms with Gasteiger partial charge in [-0.3, -0.25) is 4.79 Å². The number of hydrogen-bond donors (Lipinski definition) is 1. The van der Waals surface area contributed by atoms with Crippen LogP contribution in [0, 0.1) is 11.3 Å². The molecule has 5 heteroatoms. The van der Waals surface area contributed by atoms with Crippen LogP contribution in [0.2, 0.25) is 0 Å². The molecule has 122 valence electrons. The summed E-state index contributed by atoms with van der Waals surface area (Å²) in [6, 6.07) is 16.4. The molecule has 1 aliphatic rings. The molecule has 2 unspecified atom stereocenters. The summed E-state index contributed by atoms with van der Waals surface area (Å²) in [5, 5.41) is 19.1. The summed E-state index contributed by atoms with van der Waals surface area (Å²) in [5.74, 6) is 0.191. The van der Waals surface area contributed by atoms with Gasteiger partial charge in [0.25, 0.3) is 5.91 Å². The van der Waals surface area contributed by atoms with Crippen molar-refractivity contribution in [2.45, 2.75) is 25.7 Å². The molecule has 1 amide bonds. The van der Waals surface area contributed by atoms with Gasteiger partial charge in [0.15, 0.2) is 0 Å². The second kappa shape index (κ2) is 6.73. The highest BCUT2D eigenvalue weighted by atomic mass is 16.5. The van der Waals surface area contributed by atoms with Crippen LogP contribution < -0.4 is 4.74 Å². The smallest absolute Gasteiger partial charge is 0.259 e. The van der Waals surface area contributed by atoms with Gasteiger partial charge >= 0.3 is 0 Å². The number of benzene rings is 2. The Labute approximate surface area is 140 Å². The summed E-state index contributed by atoms with van der Waals surface area (Å²) in [6.07, 6.45) is -0.701. The van der Waals surface area contributed by atoms with E-state index in [-0.39, 0.29) is 12.5 Å². The third-order valence-corrected chi connectivity index (χ3v) is 3.96. The number of nitriles is 1. The topological polar surface area (TPSA) is 73.6 Å². The summed E-state index contributed by atoms with van der Waals surface area (Å²) >= 11 is 0. The number of amides is 1. The van der Waals surface area contributed by atoms with Crippen LogP contribution in [0.4, 0.5) is 0 Å². The molecule has 5 nitrogen and oxygen atoms in total. The molecule has 2 aromatic rings. The summed E-state index contributed by atoms with van der Waals surface area (Å²) in [4.78, 5) is 14.1. The fourth-order valence-corrected chi connectivity index (χ4v) is 2.90. The normalized spacial score (nSPS) is 17.3. The molecule has 0 radical (unpaired) electrons. The van der Waals surface area contributed by atoms with Crippen LogP contribution in [0.25, 0.3) is 0 Å². The monoisotopic (exact) mass is 322 g/mol. The average molecular weight is 322 g/mol. The average Bonchev–Trinajstić information content (AvgIpc) is 2.86. The number of rotatable bonds is 5. The molecule has 24 heavy (non-hydrogen) atoms. The second-order valence-corrected chi connectivity index (χ2v) is 5.83. The number of hydrogen-bond acceptors (Lipinski definition) is 4. The zero-order valence-electron chi connectivity index (χ0n) is 13.3. The maximum Gasteiger partial charge on any atom is 0.259 e. The molecule has 2 atom stereocenters. The number of aliphatic hydroxyl groups excluding tert-OH is 1. The van der Waals surface area contributed by atoms with Crippen LogP contribution in [0.1, 0.15) is 34.5 Å². The van der Waals surface area contributed by atoms with Gasteiger partial charge in [-0.1, -0.05) is 42.5 Å². The van der Waals surface area contributed by atoms with Crippen molar-refractivity contribution in [1.29, 1.82) is 5.26 Å². The summed E-state index contributed by atoms with van der Waals surface area (Å²) in [5.41, 5.74) is 2.05. The Balaban J connectivity index is 1.89. The Morgan fingerprint density at radius 1 is 1.25 bits per heavy atom. The van der Waals surface area contributed by atoms with E-state index < -0.39 is 12.1 Å². The Morgan fingerprint density at radius 2 is 2.00 bits per heavy atom. The van der Waals surface area contributed by atoms with E-state index in [9.17, 15) is 15.2 Å². The number of nitrogens with zero attached hydrogens (tertiary/aromatic N) is 2. The van der Waals surface area contributed by atoms with Gasteiger partial charge in [0, 0.05) is 12.1 Å². The zero-order chi connectivity index (χ0) is 17.1. The predicted octanol–water partition coefficient (Wildman–Crippen LogP) is 2.67. The van der Waals surface area contributed by atoms with E-state index in [1.807, 2.05) is 30.3 Å². The highest BCUT2D eigenvalue weighted by molar-refractivity contribution is 6.02. The fraction of sp³-hybridized carbons (Fsp3) is 0.263. The maximum atomic E-state index is 12.7. The number of aliphatic hydroxyl groups is 1. The van der Waals surface area contributed by atoms with Crippen molar-refractivity contribution in [3.05, 3.63) is 65.2 Å². The molecular weight excluding hydrogens is 304 g/mol. The quantitative estimate of drug-likeness (QED) is 0.918. The molecule has 1 heterocycles. The summed E-state index contributed by atoms with van der Waals surface area (Å²) in [6.45, 7) is 2.06. The van der Waals surface area contributed by atoms with E-state index in [1.54, 1.807) is 25.1 Å². The van der Waals surface area contributed by atoms with E-state index in [0.717, 1.165) is 5.56 Å². The molecular formula is C19H18N2O3. The molecule has 0 saturated heterocycles. The lowest BCUT2D eigenvalue weighted by atomic mass is 10.0. The fourth-order valence-electron chi connectivity index (χ4n) is 2.90. The van der Waals surface area contributed by atoms with Crippen LogP contribution >= 0.6 is 0 Å². The van der Waals surface area contributed by atoms with Gasteiger partial charge in [-0.25, -0.2) is 0 Å². The van der Waals surface area contributed by atoms with Crippen LogP contribution in [0.3, 0.4) is 0 Å². The first-order valence-corrected chi connectivity index (χ1v) is 7.80. The largest absolute Gasteiger partial charge is 0.488 e. The first-order valence-electron chi connectivity index (χ1n) is 7.80. The van der Waals surface area contributed by atoms with Crippen LogP contribution in [-0.4, -0.2) is 28.6 Å². The lowest BCUT2D eigenvalue weighted by molar-refractivity contribution is 0.0638. The molecule has 0 spiro atoms. The third kappa shape index (κ3) is 2.97. The van der Waals surface area contributed by atoms with Crippen molar-refractivity contribution in [3.8, 4) is 11.8 Å². The first kappa shape index (κ1) is 16.0. The lowest BCUT2D eigenvalue weighted by Crippen LogP contribution is -2.33. The predicted molar refractivity (Wildman–Crippen MR) is 88.3 cm³/mol. The zero-order valence-corrected chi connectivity index (χ0v) is 13.3. The van der Waals surface area contributed by atoms with Crippen molar-refractivity contribution in [3.63, 3.8) is 0 Å². The lowest BCUT2D eigenvalue weighted by Gasteiger charge is -2.21. The first-order chi connectivity index (χ1) is 11.6. The number of fused-ring (bicyclic) bond motifs is 1. The molecule has 1 N–H and O–H groups in total. The Hall–Kier alpha value is -2.84. The molecule has 0 bridgehead atoms. The highest BCUT2D eigenvalue weighted by Gasteiger charge is 2.39. The minimum absolute atomic E-state index is 0.115. The Morgan fingerprint density at radius 3 is 2.67 bits per heavy atom. The van der Waals surface area contributed by atoms with Crippen molar-refractivity contribution >= 4 is 5.91 Å². The second-order valence-electron chi connectivity index (χ2n) is 5.83. The van der Waals surface area contributed by atoms with Crippen molar-refractivity contribution < 1.29 is 14.6 Å². The van der Waals surface area contributed by atoms with Crippen molar-refractivity contribution in [2.24, 2.45) is 0 Å². The summed E-state index contributed by atoms with van der Waals surface area (Å²) in [7, 11) is 0. The number of carbonyl (C=O) groups is 1. The molecule has 2 aromatic carbocycles. The van der Waals surface area contributed by atoms with Crippen LogP contribution in [0.5, 0.6) is 5.75 Å². The van der Waals surface area contributed by atoms with Gasteiger partial charge < -0.3 is 14.7 Å². The van der Waals surface area contributed by atoms with E-state index in [2.05, 4.69) is 6.07 Å². The number of ether oxygens (including phenoxy) is 1. The SMILES string of the molecule is CC(O)CN1C(=O)c2c(OCc3ccccc3)cccc2C1C#N. The van der Waals surface area contributed by atoms with Crippen LogP contribution in [0.15, 0.2) is 48.5 Å². The molecule has 0 fully saturated rings. The van der Waals surface area contributed by atoms with E-state index in [4.69, 9.17) is 4.74 Å². The van der Waals surface area contributed by atoms with Gasteiger partial charge in [-0.05, 0) is 18.6 Å². The maximum absolute atomic E-state index is 12.7. The van der Waals surface area contributed by atoms with Gasteiger partial charge in [0.1, 0.15) is 18.4 Å². The number of β-amino-alcohol motifs (C(OH)–C–C–N with tert-alkyl or cyclic N) is 1. The van der Waals surface area contributed by atoms with Crippen molar-refractivity contribution in [2.75, 3.05) is 6.54 Å².